The van der Waals surface area contributed by atoms with Gasteiger partial charge in [-0.05, 0) is 84.5 Å². The van der Waals surface area contributed by atoms with Crippen LogP contribution in [-0.4, -0.2) is 107 Å². The van der Waals surface area contributed by atoms with E-state index in [0.29, 0.717) is 94.4 Å². The van der Waals surface area contributed by atoms with Gasteiger partial charge < -0.3 is 44.6 Å². The topological polar surface area (TPSA) is 227 Å². The number of para-hydroxylation sites is 2. The second kappa shape index (κ2) is 22.5. The van der Waals surface area contributed by atoms with Crippen molar-refractivity contribution in [2.75, 3.05) is 55.6 Å². The van der Waals surface area contributed by atoms with Gasteiger partial charge in [0, 0.05) is 74.4 Å². The number of nitrogens with one attached hydrogen (secondary N) is 3. The summed E-state index contributed by atoms with van der Waals surface area (Å²) >= 11 is 0. The van der Waals surface area contributed by atoms with Crippen LogP contribution in [0.25, 0.3) is 0 Å². The van der Waals surface area contributed by atoms with Crippen molar-refractivity contribution in [2.45, 2.75) is 70.7 Å². The summed E-state index contributed by atoms with van der Waals surface area (Å²) in [6.07, 6.45) is 6.46. The smallest absolute Gasteiger partial charge is 0.261 e. The molecule has 0 bridgehead atoms. The van der Waals surface area contributed by atoms with Gasteiger partial charge in [-0.2, -0.15) is 0 Å². The van der Waals surface area contributed by atoms with Crippen LogP contribution in [0, 0.1) is 0 Å². The van der Waals surface area contributed by atoms with Gasteiger partial charge in [0.1, 0.15) is 19.0 Å². The van der Waals surface area contributed by atoms with E-state index in [1.54, 1.807) is 65.7 Å². The summed E-state index contributed by atoms with van der Waals surface area (Å²) in [6.45, 7) is 0.228. The number of unbranched alkanes of at least 4 members (excludes halogenated alkanes) is 1. The van der Waals surface area contributed by atoms with Crippen molar-refractivity contribution < 1.29 is 52.5 Å². The molecule has 19 heteroatoms. The zero-order valence-electron chi connectivity index (χ0n) is 42.0. The number of benzene rings is 5. The Kier molecular flexibility index (Phi) is 15.3. The molecule has 5 aromatic rings. The summed E-state index contributed by atoms with van der Waals surface area (Å²) < 4.78 is 24.3. The van der Waals surface area contributed by atoms with E-state index in [9.17, 15) is 33.6 Å². The van der Waals surface area contributed by atoms with Gasteiger partial charge in [0.05, 0.1) is 68.4 Å². The highest BCUT2D eigenvalue weighted by molar-refractivity contribution is 6.16. The number of Topliss-reactive ketones (excluding diaryl/α,β-unsaturated/α-hetero) is 1. The first-order chi connectivity index (χ1) is 36.3. The second-order valence-electron chi connectivity index (χ2n) is 18.5. The van der Waals surface area contributed by atoms with E-state index in [-0.39, 0.29) is 61.8 Å². The number of carbonyl (C=O) groups excluding carboxylic acids is 7. The van der Waals surface area contributed by atoms with E-state index in [2.05, 4.69) is 16.0 Å². The lowest BCUT2D eigenvalue weighted by molar-refractivity contribution is -0.128. The normalized spacial score (nSPS) is 15.5. The number of nitrogens with zero attached hydrogens (tertiary/aromatic N) is 5. The van der Waals surface area contributed by atoms with Crippen LogP contribution in [-0.2, 0) is 50.0 Å². The maximum atomic E-state index is 14.1. The molecular weight excluding hydrogens is 961 g/mol. The highest BCUT2D eigenvalue weighted by Gasteiger charge is 2.38. The number of anilines is 3. The molecule has 0 aromatic heterocycles. The van der Waals surface area contributed by atoms with Crippen molar-refractivity contribution in [1.82, 2.24) is 16.0 Å². The maximum absolute atomic E-state index is 14.1. The Labute approximate surface area is 432 Å². The molecular formula is C56H56N8O11. The largest absolute Gasteiger partial charge is 0.493 e. The summed E-state index contributed by atoms with van der Waals surface area (Å²) in [5.41, 5.74) is 7.01. The molecule has 3 N–H and O–H groups in total. The Hall–Kier alpha value is -8.87. The molecule has 4 aliphatic rings. The fourth-order valence-electron chi connectivity index (χ4n) is 9.47. The quantitative estimate of drug-likeness (QED) is 0.0779. The zero-order valence-corrected chi connectivity index (χ0v) is 42.0. The molecule has 19 nitrogen and oxygen atoms in total. The molecule has 75 heavy (non-hydrogen) atoms. The molecule has 0 spiro atoms. The number of fused-ring (bicyclic) bond motifs is 8. The van der Waals surface area contributed by atoms with Crippen molar-refractivity contribution >= 4 is 82.1 Å². The highest BCUT2D eigenvalue weighted by Crippen LogP contribution is 2.43. The first-order valence-corrected chi connectivity index (χ1v) is 24.6. The summed E-state index contributed by atoms with van der Waals surface area (Å²) in [4.78, 5) is 104. The van der Waals surface area contributed by atoms with Crippen LogP contribution < -0.4 is 49.6 Å². The molecule has 0 saturated carbocycles. The summed E-state index contributed by atoms with van der Waals surface area (Å²) in [7, 11) is 4.52. The van der Waals surface area contributed by atoms with E-state index in [4.69, 9.17) is 28.9 Å². The van der Waals surface area contributed by atoms with Crippen molar-refractivity contribution in [3.05, 3.63) is 124 Å². The van der Waals surface area contributed by atoms with Crippen LogP contribution >= 0.6 is 0 Å². The molecule has 2 atom stereocenters. The lowest BCUT2D eigenvalue weighted by atomic mass is 10.1. The number of rotatable bonds is 20. The highest BCUT2D eigenvalue weighted by atomic mass is 16.5. The van der Waals surface area contributed by atoms with Crippen LogP contribution in [0.2, 0.25) is 0 Å². The van der Waals surface area contributed by atoms with E-state index in [0.717, 1.165) is 22.5 Å². The van der Waals surface area contributed by atoms with Gasteiger partial charge in [-0.1, -0.05) is 36.4 Å². The number of amides is 6. The van der Waals surface area contributed by atoms with Crippen molar-refractivity contribution in [3.63, 3.8) is 0 Å². The van der Waals surface area contributed by atoms with Crippen LogP contribution in [0.15, 0.2) is 101 Å². The first-order valence-electron chi connectivity index (χ1n) is 24.6. The molecule has 9 rings (SSSR count). The first kappa shape index (κ1) is 51.0. The summed E-state index contributed by atoms with van der Waals surface area (Å²) in [5.74, 6) is -1.17. The summed E-state index contributed by atoms with van der Waals surface area (Å²) in [6, 6.07) is 27.0. The predicted molar refractivity (Wildman–Crippen MR) is 280 cm³/mol. The van der Waals surface area contributed by atoms with Gasteiger partial charge >= 0.3 is 0 Å². The predicted octanol–water partition coefficient (Wildman–Crippen LogP) is 5.90. The number of ketones is 1. The number of hydrogen-bond donors (Lipinski definition) is 3. The van der Waals surface area contributed by atoms with E-state index in [1.165, 1.54) is 26.0 Å². The Balaban J connectivity index is 0.908. The van der Waals surface area contributed by atoms with Gasteiger partial charge in [0.25, 0.3) is 11.8 Å². The van der Waals surface area contributed by atoms with Gasteiger partial charge in [-0.25, -0.2) is 0 Å². The lowest BCUT2D eigenvalue weighted by Gasteiger charge is -2.22. The summed E-state index contributed by atoms with van der Waals surface area (Å²) in [5, 5.41) is 7.45. The number of carbonyl (C=O) groups is 7. The minimum Gasteiger partial charge on any atom is -0.493 e. The average molecular weight is 1020 g/mol. The molecule has 0 radical (unpaired) electrons. The van der Waals surface area contributed by atoms with Crippen LogP contribution in [0.4, 0.5) is 28.4 Å². The van der Waals surface area contributed by atoms with Gasteiger partial charge in [-0.3, -0.25) is 48.6 Å². The molecule has 1 unspecified atom stereocenters. The Morgan fingerprint density at radius 2 is 1.07 bits per heavy atom. The number of ether oxygens (including phenoxy) is 4. The average Bonchev–Trinajstić information content (AvgIpc) is 3.91. The van der Waals surface area contributed by atoms with Crippen LogP contribution in [0.3, 0.4) is 0 Å². The molecule has 5 aromatic carbocycles. The molecule has 0 aliphatic carbocycles. The van der Waals surface area contributed by atoms with Gasteiger partial charge in [0.15, 0.2) is 23.0 Å². The third kappa shape index (κ3) is 11.4. The number of hydrogen-bond acceptors (Lipinski definition) is 13. The van der Waals surface area contributed by atoms with Gasteiger partial charge in [0.2, 0.25) is 23.6 Å². The third-order valence-corrected chi connectivity index (χ3v) is 13.4. The lowest BCUT2D eigenvalue weighted by Crippen LogP contribution is -2.44. The van der Waals surface area contributed by atoms with Gasteiger partial charge in [-0.15, -0.1) is 0 Å². The van der Waals surface area contributed by atoms with Crippen molar-refractivity contribution in [2.24, 2.45) is 9.98 Å². The monoisotopic (exact) mass is 1020 g/mol. The third-order valence-electron chi connectivity index (χ3n) is 13.4. The molecule has 0 saturated heterocycles. The fourth-order valence-corrected chi connectivity index (χ4v) is 9.47. The zero-order chi connectivity index (χ0) is 52.8. The van der Waals surface area contributed by atoms with Crippen LogP contribution in [0.1, 0.15) is 75.6 Å². The fraction of sp³-hybridized carbons (Fsp3) is 0.304. The Morgan fingerprint density at radius 3 is 1.56 bits per heavy atom. The standard InChI is InChI=1S/C56H56N8O11/c1-33(65)11-5-10-16-51(66)59-28-52(67)60-29-53(68)61-30-54(69)62(2)38-18-34(31-74-49-24-43-41(22-47(49)72-3)55(70)63-39(26-57-43)20-36-12-6-8-14-45(36)63)17-35(19-38)32-75-50-25-44-42(23-48(50)73-4)56(71)64-40(27-58-44)21-37-13-7-9-15-46(37)64/h6-9,12-15,17-19,22-27,39-40H,5,10-11,16,20-21,28-32H2,1-4H3,(H,59,66)(H,60,67)(H,61,68)/t39-,40?/m0/s1. The minimum absolute atomic E-state index is 0.0334. The maximum Gasteiger partial charge on any atom is 0.261 e. The van der Waals surface area contributed by atoms with Crippen molar-refractivity contribution in [1.29, 1.82) is 0 Å². The van der Waals surface area contributed by atoms with Crippen LogP contribution in [0.5, 0.6) is 23.0 Å². The second-order valence-corrected chi connectivity index (χ2v) is 18.5. The molecule has 4 heterocycles. The minimum atomic E-state index is -0.631. The Bertz CT molecular complexity index is 3010. The number of methoxy groups -OCH3 is 2. The van der Waals surface area contributed by atoms with E-state index >= 15 is 0 Å². The number of likely N-dealkylation sites (N-methyl/N-ethyl adjacent to an activating group) is 1. The SMILES string of the molecule is COc1cc2c(cc1OCc1cc(COc3cc4c(cc3OC)C(=O)N3c5ccccc5C[C@H]3C=N4)cc(N(C)C(=O)CNC(=O)CNC(=O)CNC(=O)CCCCC(C)=O)c1)N=CC1Cc3ccccc3N1C2=O. The Morgan fingerprint density at radius 1 is 0.600 bits per heavy atom. The van der Waals surface area contributed by atoms with E-state index < -0.39 is 30.8 Å². The molecule has 0 fully saturated rings. The van der Waals surface area contributed by atoms with Crippen molar-refractivity contribution in [3.8, 4) is 23.0 Å². The molecule has 6 amide bonds. The molecule has 386 valence electrons. The van der Waals surface area contributed by atoms with E-state index in [1.807, 2.05) is 54.6 Å². The molecule has 4 aliphatic heterocycles. The number of aliphatic imine (C=N–C) groups is 2.